The van der Waals surface area contributed by atoms with Crippen molar-refractivity contribution in [2.75, 3.05) is 13.6 Å². The summed E-state index contributed by atoms with van der Waals surface area (Å²) in [6.45, 7) is 2.54. The average Bonchev–Trinajstić information content (AvgIpc) is 2.76. The Bertz CT molecular complexity index is 917. The summed E-state index contributed by atoms with van der Waals surface area (Å²) in [6, 6.07) is 13.3. The van der Waals surface area contributed by atoms with Gasteiger partial charge in [0.05, 0.1) is 0 Å². The Morgan fingerprint density at radius 3 is 2.50 bits per heavy atom. The second-order valence-electron chi connectivity index (χ2n) is 8.25. The molecule has 1 atom stereocenters. The van der Waals surface area contributed by atoms with Crippen molar-refractivity contribution in [3.8, 4) is 0 Å². The van der Waals surface area contributed by atoms with Gasteiger partial charge >= 0.3 is 0 Å². The van der Waals surface area contributed by atoms with Gasteiger partial charge in [0.15, 0.2) is 0 Å². The van der Waals surface area contributed by atoms with Crippen LogP contribution in [-0.2, 0) is 11.3 Å². The molecule has 1 saturated carbocycles. The molecule has 0 spiro atoms. The zero-order valence-corrected chi connectivity index (χ0v) is 17.8. The van der Waals surface area contributed by atoms with Crippen LogP contribution in [0.3, 0.4) is 0 Å². The summed E-state index contributed by atoms with van der Waals surface area (Å²) in [5, 5.41) is 2.98. The minimum atomic E-state index is -0.427. The molecule has 6 heteroatoms. The minimum absolute atomic E-state index is 0.0820. The van der Waals surface area contributed by atoms with Crippen LogP contribution in [0.4, 0.5) is 0 Å². The monoisotopic (exact) mass is 409 g/mol. The molecule has 1 aromatic carbocycles. The van der Waals surface area contributed by atoms with Crippen LogP contribution < -0.4 is 10.9 Å². The molecular weight excluding hydrogens is 378 g/mol. The molecular formula is C24H31N3O3. The zero-order valence-electron chi connectivity index (χ0n) is 17.8. The maximum absolute atomic E-state index is 12.8. The van der Waals surface area contributed by atoms with Gasteiger partial charge in [-0.25, -0.2) is 0 Å². The summed E-state index contributed by atoms with van der Waals surface area (Å²) in [5.41, 5.74) is 0.829. The van der Waals surface area contributed by atoms with Crippen molar-refractivity contribution in [3.63, 3.8) is 0 Å². The SMILES string of the molecule is CC(CN(C)C(=O)Cn1cccc(C(=O)NC2CCCCC2)c1=O)c1ccccc1. The smallest absolute Gasteiger partial charge is 0.263 e. The van der Waals surface area contributed by atoms with Crippen molar-refractivity contribution in [1.29, 1.82) is 0 Å². The number of hydrogen-bond donors (Lipinski definition) is 1. The Hall–Kier alpha value is -2.89. The van der Waals surface area contributed by atoms with E-state index in [0.717, 1.165) is 31.2 Å². The molecule has 0 bridgehead atoms. The Morgan fingerprint density at radius 2 is 1.80 bits per heavy atom. The number of carbonyl (C=O) groups is 2. The Morgan fingerprint density at radius 1 is 1.10 bits per heavy atom. The topological polar surface area (TPSA) is 71.4 Å². The van der Waals surface area contributed by atoms with Gasteiger partial charge in [0.25, 0.3) is 11.5 Å². The number of rotatable bonds is 7. The van der Waals surface area contributed by atoms with Crippen molar-refractivity contribution in [1.82, 2.24) is 14.8 Å². The quantitative estimate of drug-likeness (QED) is 0.764. The molecule has 1 N–H and O–H groups in total. The normalized spacial score (nSPS) is 15.4. The lowest BCUT2D eigenvalue weighted by atomic mass is 9.95. The fourth-order valence-corrected chi connectivity index (χ4v) is 4.01. The van der Waals surface area contributed by atoms with Crippen LogP contribution in [0.2, 0.25) is 0 Å². The molecule has 1 fully saturated rings. The summed E-state index contributed by atoms with van der Waals surface area (Å²) >= 11 is 0. The zero-order chi connectivity index (χ0) is 21.5. The maximum Gasteiger partial charge on any atom is 0.263 e. The van der Waals surface area contributed by atoms with E-state index >= 15 is 0 Å². The lowest BCUT2D eigenvalue weighted by Crippen LogP contribution is -2.41. The van der Waals surface area contributed by atoms with Gasteiger partial charge in [-0.05, 0) is 36.5 Å². The van der Waals surface area contributed by atoms with Crippen LogP contribution in [0.1, 0.15) is 60.9 Å². The number of likely N-dealkylation sites (N-methyl/N-ethyl adjacent to an activating group) is 1. The van der Waals surface area contributed by atoms with E-state index in [-0.39, 0.29) is 35.9 Å². The van der Waals surface area contributed by atoms with Crippen molar-refractivity contribution in [3.05, 3.63) is 70.1 Å². The van der Waals surface area contributed by atoms with Crippen LogP contribution >= 0.6 is 0 Å². The van der Waals surface area contributed by atoms with E-state index in [1.54, 1.807) is 24.2 Å². The number of nitrogens with zero attached hydrogens (tertiary/aromatic N) is 2. The van der Waals surface area contributed by atoms with E-state index in [4.69, 9.17) is 0 Å². The van der Waals surface area contributed by atoms with Crippen LogP contribution in [0, 0.1) is 0 Å². The van der Waals surface area contributed by atoms with Crippen molar-refractivity contribution in [2.45, 2.75) is 57.5 Å². The summed E-state index contributed by atoms with van der Waals surface area (Å²) in [4.78, 5) is 39.7. The van der Waals surface area contributed by atoms with Crippen LogP contribution in [0.15, 0.2) is 53.5 Å². The highest BCUT2D eigenvalue weighted by molar-refractivity contribution is 5.94. The van der Waals surface area contributed by atoms with Crippen LogP contribution in [-0.4, -0.2) is 40.9 Å². The molecule has 160 valence electrons. The summed E-state index contributed by atoms with van der Waals surface area (Å²) in [5.74, 6) is -0.325. The highest BCUT2D eigenvalue weighted by atomic mass is 16.2. The van der Waals surface area contributed by atoms with Gasteiger partial charge in [-0.2, -0.15) is 0 Å². The number of benzene rings is 1. The van der Waals surface area contributed by atoms with Crippen molar-refractivity contribution in [2.24, 2.45) is 0 Å². The Balaban J connectivity index is 1.63. The van der Waals surface area contributed by atoms with Gasteiger partial charge in [0.2, 0.25) is 5.91 Å². The first-order valence-corrected chi connectivity index (χ1v) is 10.7. The first kappa shape index (κ1) is 21.8. The molecule has 1 aromatic heterocycles. The van der Waals surface area contributed by atoms with Gasteiger partial charge in [0, 0.05) is 25.8 Å². The molecule has 0 saturated heterocycles. The van der Waals surface area contributed by atoms with E-state index in [2.05, 4.69) is 12.2 Å². The summed E-state index contributed by atoms with van der Waals surface area (Å²) in [6.07, 6.45) is 6.87. The largest absolute Gasteiger partial charge is 0.349 e. The third kappa shape index (κ3) is 5.59. The second-order valence-corrected chi connectivity index (χ2v) is 8.25. The fourth-order valence-electron chi connectivity index (χ4n) is 4.01. The maximum atomic E-state index is 12.8. The first-order chi connectivity index (χ1) is 14.5. The lowest BCUT2D eigenvalue weighted by Gasteiger charge is -2.23. The van der Waals surface area contributed by atoms with E-state index in [0.29, 0.717) is 6.54 Å². The van der Waals surface area contributed by atoms with E-state index in [9.17, 15) is 14.4 Å². The Labute approximate surface area is 177 Å². The third-order valence-corrected chi connectivity index (χ3v) is 5.85. The number of aromatic nitrogens is 1. The predicted molar refractivity (Wildman–Crippen MR) is 118 cm³/mol. The van der Waals surface area contributed by atoms with Gasteiger partial charge in [-0.3, -0.25) is 14.4 Å². The lowest BCUT2D eigenvalue weighted by molar-refractivity contribution is -0.130. The molecule has 3 rings (SSSR count). The molecule has 1 unspecified atom stereocenters. The third-order valence-electron chi connectivity index (χ3n) is 5.85. The molecule has 6 nitrogen and oxygen atoms in total. The first-order valence-electron chi connectivity index (χ1n) is 10.7. The van der Waals surface area contributed by atoms with E-state index in [1.165, 1.54) is 17.1 Å². The summed E-state index contributed by atoms with van der Waals surface area (Å²) in [7, 11) is 1.74. The van der Waals surface area contributed by atoms with Crippen molar-refractivity contribution >= 4 is 11.8 Å². The molecule has 1 aliphatic rings. The number of carbonyl (C=O) groups excluding carboxylic acids is 2. The highest BCUT2D eigenvalue weighted by Crippen LogP contribution is 2.18. The van der Waals surface area contributed by atoms with Gasteiger partial charge in [-0.15, -0.1) is 0 Å². The Kier molecular flexibility index (Phi) is 7.44. The molecule has 2 aromatic rings. The molecule has 30 heavy (non-hydrogen) atoms. The standard InChI is InChI=1S/C24H31N3O3/c1-18(19-10-5-3-6-11-19)16-26(2)22(28)17-27-15-9-14-21(24(27)30)23(29)25-20-12-7-4-8-13-20/h3,5-6,9-11,14-15,18,20H,4,7-8,12-13,16-17H2,1-2H3,(H,25,29). The minimum Gasteiger partial charge on any atom is -0.349 e. The second kappa shape index (κ2) is 10.2. The van der Waals surface area contributed by atoms with Crippen molar-refractivity contribution < 1.29 is 9.59 Å². The average molecular weight is 410 g/mol. The van der Waals surface area contributed by atoms with Gasteiger partial charge in [0.1, 0.15) is 12.1 Å². The molecule has 1 aliphatic carbocycles. The van der Waals surface area contributed by atoms with E-state index < -0.39 is 5.56 Å². The number of nitrogens with one attached hydrogen (secondary N) is 1. The fraction of sp³-hybridized carbons (Fsp3) is 0.458. The van der Waals surface area contributed by atoms with Gasteiger partial charge < -0.3 is 14.8 Å². The van der Waals surface area contributed by atoms with Crippen LogP contribution in [0.25, 0.3) is 0 Å². The number of amides is 2. The van der Waals surface area contributed by atoms with Crippen LogP contribution in [0.5, 0.6) is 0 Å². The predicted octanol–water partition coefficient (Wildman–Crippen LogP) is 3.17. The molecule has 0 aliphatic heterocycles. The number of pyridine rings is 1. The number of hydrogen-bond acceptors (Lipinski definition) is 3. The highest BCUT2D eigenvalue weighted by Gasteiger charge is 2.20. The molecule has 0 radical (unpaired) electrons. The summed E-state index contributed by atoms with van der Waals surface area (Å²) < 4.78 is 1.32. The molecule has 1 heterocycles. The molecule has 2 amide bonds. The van der Waals surface area contributed by atoms with Gasteiger partial charge in [-0.1, -0.05) is 56.5 Å². The van der Waals surface area contributed by atoms with E-state index in [1.807, 2.05) is 30.3 Å².